The van der Waals surface area contributed by atoms with Crippen LogP contribution in [-0.2, 0) is 9.84 Å². The highest BCUT2D eigenvalue weighted by Crippen LogP contribution is 2.46. The molecule has 132 valence electrons. The Hall–Kier alpha value is -1.56. The quantitative estimate of drug-likeness (QED) is 0.668. The van der Waals surface area contributed by atoms with E-state index in [1.807, 2.05) is 6.07 Å². The molecule has 2 unspecified atom stereocenters. The third kappa shape index (κ3) is 3.43. The molecular formula is C18H27N3O2S. The normalized spacial score (nSPS) is 28.5. The Morgan fingerprint density at radius 2 is 2.04 bits per heavy atom. The van der Waals surface area contributed by atoms with Gasteiger partial charge in [-0.15, -0.1) is 0 Å². The first-order chi connectivity index (χ1) is 11.3. The van der Waals surface area contributed by atoms with Crippen LogP contribution < -0.4 is 5.32 Å². The van der Waals surface area contributed by atoms with Crippen molar-refractivity contribution in [3.8, 4) is 0 Å². The average molecular weight is 350 g/mol. The van der Waals surface area contributed by atoms with Crippen LogP contribution in [0.4, 0.5) is 0 Å². The van der Waals surface area contributed by atoms with Crippen molar-refractivity contribution >= 4 is 15.8 Å². The molecule has 2 fully saturated rings. The van der Waals surface area contributed by atoms with Crippen LogP contribution in [0.5, 0.6) is 0 Å². The van der Waals surface area contributed by atoms with Crippen molar-refractivity contribution in [1.82, 2.24) is 10.2 Å². The second kappa shape index (κ2) is 6.39. The van der Waals surface area contributed by atoms with Gasteiger partial charge in [-0.1, -0.05) is 30.3 Å². The number of benzene rings is 1. The van der Waals surface area contributed by atoms with E-state index >= 15 is 0 Å². The highest BCUT2D eigenvalue weighted by atomic mass is 32.2. The molecule has 1 saturated carbocycles. The predicted octanol–water partition coefficient (Wildman–Crippen LogP) is 1.87. The van der Waals surface area contributed by atoms with Crippen molar-refractivity contribution in [3.05, 3.63) is 35.9 Å². The smallest absolute Gasteiger partial charge is 0.193 e. The molecule has 24 heavy (non-hydrogen) atoms. The molecule has 2 atom stereocenters. The minimum absolute atomic E-state index is 0.191. The van der Waals surface area contributed by atoms with Crippen LogP contribution in [0.3, 0.4) is 0 Å². The average Bonchev–Trinajstić information content (AvgIpc) is 3.32. The van der Waals surface area contributed by atoms with Gasteiger partial charge in [0.25, 0.3) is 0 Å². The second-order valence-corrected chi connectivity index (χ2v) is 10.2. The summed E-state index contributed by atoms with van der Waals surface area (Å²) in [6, 6.07) is 10.6. The van der Waals surface area contributed by atoms with Crippen molar-refractivity contribution in [2.24, 2.45) is 10.9 Å². The number of sulfone groups is 1. The van der Waals surface area contributed by atoms with E-state index in [0.29, 0.717) is 24.9 Å². The first-order valence-electron chi connectivity index (χ1n) is 8.57. The SMILES string of the molecule is CN=C(NCC1CC1c1ccccc1)N1CCS(=O)(=O)C(C)(C)C1. The van der Waals surface area contributed by atoms with Crippen molar-refractivity contribution in [3.63, 3.8) is 0 Å². The van der Waals surface area contributed by atoms with Crippen molar-refractivity contribution in [2.75, 3.05) is 32.4 Å². The van der Waals surface area contributed by atoms with Gasteiger partial charge in [0.2, 0.25) is 0 Å². The topological polar surface area (TPSA) is 61.8 Å². The molecule has 0 radical (unpaired) electrons. The maximum Gasteiger partial charge on any atom is 0.193 e. The van der Waals surface area contributed by atoms with Crippen LogP contribution in [-0.4, -0.2) is 56.5 Å². The summed E-state index contributed by atoms with van der Waals surface area (Å²) >= 11 is 0. The third-order valence-corrected chi connectivity index (χ3v) is 7.76. The summed E-state index contributed by atoms with van der Waals surface area (Å²) < 4.78 is 23.6. The van der Waals surface area contributed by atoms with E-state index in [2.05, 4.69) is 39.5 Å². The van der Waals surface area contributed by atoms with Gasteiger partial charge in [-0.25, -0.2) is 8.42 Å². The summed E-state index contributed by atoms with van der Waals surface area (Å²) in [6.45, 7) is 5.48. The number of rotatable bonds is 3. The van der Waals surface area contributed by atoms with Gasteiger partial charge in [0.15, 0.2) is 15.8 Å². The minimum Gasteiger partial charge on any atom is -0.356 e. The Kier molecular flexibility index (Phi) is 4.60. The highest BCUT2D eigenvalue weighted by Gasteiger charge is 2.42. The number of aliphatic imine (C=N–C) groups is 1. The molecule has 0 aromatic heterocycles. The van der Waals surface area contributed by atoms with Crippen LogP contribution >= 0.6 is 0 Å². The second-order valence-electron chi connectivity index (χ2n) is 7.44. The Morgan fingerprint density at radius 1 is 1.33 bits per heavy atom. The van der Waals surface area contributed by atoms with Gasteiger partial charge in [-0.2, -0.15) is 0 Å². The van der Waals surface area contributed by atoms with Gasteiger partial charge in [0, 0.05) is 26.7 Å². The Morgan fingerprint density at radius 3 is 2.67 bits per heavy atom. The summed E-state index contributed by atoms with van der Waals surface area (Å²) in [5.74, 6) is 2.27. The predicted molar refractivity (Wildman–Crippen MR) is 98.1 cm³/mol. The molecular weight excluding hydrogens is 322 g/mol. The number of guanidine groups is 1. The molecule has 0 spiro atoms. The molecule has 6 heteroatoms. The standard InChI is InChI=1S/C18H27N3O2S/c1-18(2)13-21(9-10-24(18,22)23)17(19-3)20-12-15-11-16(15)14-7-5-4-6-8-14/h4-8,15-16H,9-13H2,1-3H3,(H,19,20). The molecule has 1 aromatic carbocycles. The lowest BCUT2D eigenvalue weighted by Gasteiger charge is -2.39. The molecule has 1 N–H and O–H groups in total. The molecule has 0 amide bonds. The van der Waals surface area contributed by atoms with E-state index in [9.17, 15) is 8.42 Å². The van der Waals surface area contributed by atoms with E-state index in [1.54, 1.807) is 20.9 Å². The molecule has 1 aliphatic heterocycles. The highest BCUT2D eigenvalue weighted by molar-refractivity contribution is 7.92. The zero-order valence-electron chi connectivity index (χ0n) is 14.7. The van der Waals surface area contributed by atoms with Crippen LogP contribution in [0.25, 0.3) is 0 Å². The molecule has 1 saturated heterocycles. The summed E-state index contributed by atoms with van der Waals surface area (Å²) in [7, 11) is -1.26. The van der Waals surface area contributed by atoms with E-state index in [4.69, 9.17) is 0 Å². The van der Waals surface area contributed by atoms with Crippen molar-refractivity contribution in [1.29, 1.82) is 0 Å². The van der Waals surface area contributed by atoms with Crippen LogP contribution in [0.1, 0.15) is 31.7 Å². The fourth-order valence-electron chi connectivity index (χ4n) is 3.46. The summed E-state index contributed by atoms with van der Waals surface area (Å²) in [5.41, 5.74) is 1.41. The lowest BCUT2D eigenvalue weighted by Crippen LogP contribution is -2.57. The minimum atomic E-state index is -3.02. The van der Waals surface area contributed by atoms with Gasteiger partial charge in [0.1, 0.15) is 0 Å². The van der Waals surface area contributed by atoms with Gasteiger partial charge in [-0.05, 0) is 37.7 Å². The summed E-state index contributed by atoms with van der Waals surface area (Å²) in [5, 5.41) is 3.45. The first-order valence-corrected chi connectivity index (χ1v) is 10.2. The van der Waals surface area contributed by atoms with E-state index in [-0.39, 0.29) is 5.75 Å². The fourth-order valence-corrected chi connectivity index (χ4v) is 4.83. The molecule has 1 heterocycles. The van der Waals surface area contributed by atoms with Crippen LogP contribution in [0, 0.1) is 5.92 Å². The molecule has 3 rings (SSSR count). The van der Waals surface area contributed by atoms with Crippen molar-refractivity contribution < 1.29 is 8.42 Å². The molecule has 0 bridgehead atoms. The lowest BCUT2D eigenvalue weighted by molar-refractivity contribution is 0.353. The zero-order chi connectivity index (χ0) is 17.4. The van der Waals surface area contributed by atoms with E-state index < -0.39 is 14.6 Å². The Bertz CT molecular complexity index is 713. The maximum absolute atomic E-state index is 12.1. The monoisotopic (exact) mass is 349 g/mol. The van der Waals surface area contributed by atoms with E-state index in [1.165, 1.54) is 12.0 Å². The largest absolute Gasteiger partial charge is 0.356 e. The van der Waals surface area contributed by atoms with Crippen LogP contribution in [0.2, 0.25) is 0 Å². The van der Waals surface area contributed by atoms with Gasteiger partial charge in [0.05, 0.1) is 10.5 Å². The molecule has 5 nitrogen and oxygen atoms in total. The molecule has 2 aliphatic rings. The van der Waals surface area contributed by atoms with Crippen molar-refractivity contribution in [2.45, 2.75) is 30.9 Å². The first kappa shape index (κ1) is 17.3. The van der Waals surface area contributed by atoms with E-state index in [0.717, 1.165) is 12.5 Å². The van der Waals surface area contributed by atoms with Crippen LogP contribution in [0.15, 0.2) is 35.3 Å². The summed E-state index contributed by atoms with van der Waals surface area (Å²) in [4.78, 5) is 6.43. The molecule has 1 aliphatic carbocycles. The van der Waals surface area contributed by atoms with Gasteiger partial charge < -0.3 is 10.2 Å². The maximum atomic E-state index is 12.1. The summed E-state index contributed by atoms with van der Waals surface area (Å²) in [6.07, 6.45) is 1.20. The number of nitrogens with one attached hydrogen (secondary N) is 1. The lowest BCUT2D eigenvalue weighted by atomic mass is 10.1. The van der Waals surface area contributed by atoms with Gasteiger partial charge >= 0.3 is 0 Å². The zero-order valence-corrected chi connectivity index (χ0v) is 15.5. The number of nitrogens with zero attached hydrogens (tertiary/aromatic N) is 2. The number of hydrogen-bond donors (Lipinski definition) is 1. The molecule has 1 aromatic rings. The Labute approximate surface area is 145 Å². The third-order valence-electron chi connectivity index (χ3n) is 5.23. The fraction of sp³-hybridized carbons (Fsp3) is 0.611. The van der Waals surface area contributed by atoms with Gasteiger partial charge in [-0.3, -0.25) is 4.99 Å². The Balaban J connectivity index is 1.56. The number of hydrogen-bond acceptors (Lipinski definition) is 3.